The summed E-state index contributed by atoms with van der Waals surface area (Å²) in [6.07, 6.45) is 2.09. The van der Waals surface area contributed by atoms with E-state index in [-0.39, 0.29) is 17.2 Å². The lowest BCUT2D eigenvalue weighted by Crippen LogP contribution is -2.44. The van der Waals surface area contributed by atoms with Crippen LogP contribution in [0.15, 0.2) is 4.99 Å². The third-order valence-corrected chi connectivity index (χ3v) is 4.03. The summed E-state index contributed by atoms with van der Waals surface area (Å²) in [7, 11) is 3.48. The predicted octanol–water partition coefficient (Wildman–Crippen LogP) is 1.41. The molecule has 2 N–H and O–H groups in total. The van der Waals surface area contributed by atoms with Crippen molar-refractivity contribution in [2.75, 3.05) is 40.0 Å². The summed E-state index contributed by atoms with van der Waals surface area (Å²) in [5, 5.41) is 6.58. The van der Waals surface area contributed by atoms with Gasteiger partial charge in [-0.1, -0.05) is 13.8 Å². The van der Waals surface area contributed by atoms with Gasteiger partial charge in [-0.25, -0.2) is 4.99 Å². The summed E-state index contributed by atoms with van der Waals surface area (Å²) < 4.78 is 0.131. The summed E-state index contributed by atoms with van der Waals surface area (Å²) in [6, 6.07) is 0. The molecule has 0 saturated heterocycles. The van der Waals surface area contributed by atoms with Crippen LogP contribution in [0.5, 0.6) is 0 Å². The highest BCUT2D eigenvalue weighted by atomic mass is 32.2. The zero-order valence-electron chi connectivity index (χ0n) is 13.9. The molecule has 0 aliphatic carbocycles. The Balaban J connectivity index is 4.55. The second-order valence-electron chi connectivity index (χ2n) is 6.05. The summed E-state index contributed by atoms with van der Waals surface area (Å²) in [5.74, 6) is 1.23. The SMILES string of the molecule is CSC(C)(C)CNC(=NCC(=O)N(C)C)NCC(C)C. The number of carbonyl (C=O) groups excluding carboxylic acids is 1. The van der Waals surface area contributed by atoms with Gasteiger partial charge in [-0.15, -0.1) is 0 Å². The summed E-state index contributed by atoms with van der Waals surface area (Å²) in [5.41, 5.74) is 0. The van der Waals surface area contributed by atoms with Crippen LogP contribution in [0.4, 0.5) is 0 Å². The Morgan fingerprint density at radius 1 is 1.30 bits per heavy atom. The van der Waals surface area contributed by atoms with E-state index >= 15 is 0 Å². The van der Waals surface area contributed by atoms with E-state index < -0.39 is 0 Å². The highest BCUT2D eigenvalue weighted by Crippen LogP contribution is 2.19. The van der Waals surface area contributed by atoms with E-state index in [4.69, 9.17) is 0 Å². The quantitative estimate of drug-likeness (QED) is 0.551. The lowest BCUT2D eigenvalue weighted by atomic mass is 10.2. The van der Waals surface area contributed by atoms with E-state index in [0.29, 0.717) is 11.9 Å². The van der Waals surface area contributed by atoms with Gasteiger partial charge in [0.15, 0.2) is 5.96 Å². The fourth-order valence-corrected chi connectivity index (χ4v) is 1.35. The van der Waals surface area contributed by atoms with E-state index in [1.165, 1.54) is 0 Å². The molecule has 0 aliphatic rings. The van der Waals surface area contributed by atoms with Gasteiger partial charge in [0.2, 0.25) is 5.91 Å². The first-order valence-corrected chi connectivity index (χ1v) is 8.18. The van der Waals surface area contributed by atoms with Gasteiger partial charge < -0.3 is 15.5 Å². The van der Waals surface area contributed by atoms with Crippen molar-refractivity contribution < 1.29 is 4.79 Å². The molecule has 0 radical (unpaired) electrons. The predicted molar refractivity (Wildman–Crippen MR) is 89.4 cm³/mol. The Kier molecular flexibility index (Phi) is 8.69. The Labute approximate surface area is 128 Å². The van der Waals surface area contributed by atoms with Gasteiger partial charge in [0.05, 0.1) is 0 Å². The van der Waals surface area contributed by atoms with E-state index in [1.54, 1.807) is 30.8 Å². The lowest BCUT2D eigenvalue weighted by molar-refractivity contribution is -0.127. The van der Waals surface area contributed by atoms with Crippen LogP contribution in [-0.4, -0.2) is 61.5 Å². The number of rotatable bonds is 7. The lowest BCUT2D eigenvalue weighted by Gasteiger charge is -2.24. The molecule has 5 nitrogen and oxygen atoms in total. The Bertz CT molecular complexity index is 327. The molecule has 20 heavy (non-hydrogen) atoms. The molecule has 118 valence electrons. The number of nitrogens with one attached hydrogen (secondary N) is 2. The van der Waals surface area contributed by atoms with Crippen LogP contribution >= 0.6 is 11.8 Å². The normalized spacial score (nSPS) is 12.5. The molecule has 0 aromatic carbocycles. The first kappa shape index (κ1) is 19.1. The van der Waals surface area contributed by atoms with E-state index in [1.807, 2.05) is 0 Å². The van der Waals surface area contributed by atoms with Gasteiger partial charge in [-0.3, -0.25) is 4.79 Å². The van der Waals surface area contributed by atoms with E-state index in [9.17, 15) is 4.79 Å². The Morgan fingerprint density at radius 3 is 2.35 bits per heavy atom. The minimum Gasteiger partial charge on any atom is -0.356 e. The van der Waals surface area contributed by atoms with Crippen LogP contribution in [0, 0.1) is 5.92 Å². The second-order valence-corrected chi connectivity index (χ2v) is 7.56. The van der Waals surface area contributed by atoms with Gasteiger partial charge in [-0.2, -0.15) is 11.8 Å². The van der Waals surface area contributed by atoms with Gasteiger partial charge in [0, 0.05) is 31.9 Å². The number of carbonyl (C=O) groups is 1. The molecule has 0 spiro atoms. The molecule has 0 unspecified atom stereocenters. The number of nitrogens with zero attached hydrogens (tertiary/aromatic N) is 2. The molecule has 6 heteroatoms. The van der Waals surface area contributed by atoms with Crippen molar-refractivity contribution in [3.8, 4) is 0 Å². The summed E-state index contributed by atoms with van der Waals surface area (Å²) in [4.78, 5) is 17.5. The Morgan fingerprint density at radius 2 is 1.90 bits per heavy atom. The molecular weight excluding hydrogens is 272 g/mol. The van der Waals surface area contributed by atoms with Crippen LogP contribution in [0.2, 0.25) is 0 Å². The monoisotopic (exact) mass is 302 g/mol. The molecule has 0 aliphatic heterocycles. The maximum absolute atomic E-state index is 11.6. The molecule has 0 rings (SSSR count). The average molecular weight is 302 g/mol. The molecule has 1 amide bonds. The minimum atomic E-state index is -0.000210. The molecule has 0 bridgehead atoms. The molecule has 0 atom stereocenters. The number of aliphatic imine (C=N–C) groups is 1. The van der Waals surface area contributed by atoms with Crippen LogP contribution < -0.4 is 10.6 Å². The first-order valence-electron chi connectivity index (χ1n) is 6.95. The third-order valence-electron chi connectivity index (χ3n) is 2.78. The number of hydrogen-bond donors (Lipinski definition) is 2. The van der Waals surface area contributed by atoms with Crippen LogP contribution in [-0.2, 0) is 4.79 Å². The number of amides is 1. The maximum atomic E-state index is 11.6. The minimum absolute atomic E-state index is 0.000210. The fourth-order valence-electron chi connectivity index (χ4n) is 1.13. The second kappa shape index (κ2) is 9.10. The van der Waals surface area contributed by atoms with Crippen molar-refractivity contribution in [2.24, 2.45) is 10.9 Å². The van der Waals surface area contributed by atoms with Gasteiger partial charge in [0.1, 0.15) is 6.54 Å². The summed E-state index contributed by atoms with van der Waals surface area (Å²) >= 11 is 1.80. The first-order chi connectivity index (χ1) is 9.18. The molecule has 0 saturated carbocycles. The fraction of sp³-hybridized carbons (Fsp3) is 0.857. The highest BCUT2D eigenvalue weighted by Gasteiger charge is 2.16. The third kappa shape index (κ3) is 9.07. The smallest absolute Gasteiger partial charge is 0.243 e. The van der Waals surface area contributed by atoms with Gasteiger partial charge in [0.25, 0.3) is 0 Å². The zero-order chi connectivity index (χ0) is 15.8. The van der Waals surface area contributed by atoms with E-state index in [2.05, 4.69) is 49.6 Å². The largest absolute Gasteiger partial charge is 0.356 e. The van der Waals surface area contributed by atoms with Crippen LogP contribution in [0.3, 0.4) is 0 Å². The van der Waals surface area contributed by atoms with E-state index in [0.717, 1.165) is 13.1 Å². The number of likely N-dealkylation sites (N-methyl/N-ethyl adjacent to an activating group) is 1. The molecule has 0 fully saturated rings. The number of guanidine groups is 1. The standard InChI is InChI=1S/C14H30N4OS/c1-11(2)8-15-13(16-9-12(19)18(5)6)17-10-14(3,4)20-7/h11H,8-10H2,1-7H3,(H2,15,16,17). The van der Waals surface area contributed by atoms with Crippen LogP contribution in [0.25, 0.3) is 0 Å². The number of hydrogen-bond acceptors (Lipinski definition) is 3. The van der Waals surface area contributed by atoms with Crippen molar-refractivity contribution in [1.29, 1.82) is 0 Å². The molecule has 0 aromatic rings. The van der Waals surface area contributed by atoms with Gasteiger partial charge >= 0.3 is 0 Å². The highest BCUT2D eigenvalue weighted by molar-refractivity contribution is 7.99. The molecule has 0 aromatic heterocycles. The molecular formula is C14H30N4OS. The van der Waals surface area contributed by atoms with Gasteiger partial charge in [-0.05, 0) is 26.0 Å². The zero-order valence-corrected chi connectivity index (χ0v) is 14.7. The Hall–Kier alpha value is -0.910. The van der Waals surface area contributed by atoms with Crippen molar-refractivity contribution in [3.05, 3.63) is 0 Å². The number of thioether (sulfide) groups is 1. The average Bonchev–Trinajstić information content (AvgIpc) is 2.37. The maximum Gasteiger partial charge on any atom is 0.243 e. The van der Waals surface area contributed by atoms with Crippen molar-refractivity contribution in [2.45, 2.75) is 32.4 Å². The molecule has 0 heterocycles. The van der Waals surface area contributed by atoms with Crippen molar-refractivity contribution in [1.82, 2.24) is 15.5 Å². The topological polar surface area (TPSA) is 56.7 Å². The van der Waals surface area contributed by atoms with Crippen LogP contribution in [0.1, 0.15) is 27.7 Å². The summed E-state index contributed by atoms with van der Waals surface area (Å²) in [6.45, 7) is 10.4. The van der Waals surface area contributed by atoms with Crippen molar-refractivity contribution in [3.63, 3.8) is 0 Å². The van der Waals surface area contributed by atoms with Crippen molar-refractivity contribution >= 4 is 23.6 Å².